The molecule has 154 valence electrons. The highest BCUT2D eigenvalue weighted by atomic mass is 16.4. The number of nitrogens with zero attached hydrogens (tertiary/aromatic N) is 2. The Balaban J connectivity index is 1.58. The summed E-state index contributed by atoms with van der Waals surface area (Å²) in [6.45, 7) is 0.473. The summed E-state index contributed by atoms with van der Waals surface area (Å²) in [5.74, 6) is -2.30. The van der Waals surface area contributed by atoms with Gasteiger partial charge >= 0.3 is 0 Å². The van der Waals surface area contributed by atoms with Crippen LogP contribution in [0.2, 0.25) is 0 Å². The first-order chi connectivity index (χ1) is 14.4. The van der Waals surface area contributed by atoms with E-state index in [9.17, 15) is 24.3 Å². The second-order valence-electron chi connectivity index (χ2n) is 7.34. The van der Waals surface area contributed by atoms with E-state index in [1.54, 1.807) is 12.1 Å². The molecule has 2 aromatic rings. The van der Waals surface area contributed by atoms with Crippen molar-refractivity contribution in [2.45, 2.75) is 18.9 Å². The minimum absolute atomic E-state index is 0.0307. The van der Waals surface area contributed by atoms with Gasteiger partial charge in [-0.2, -0.15) is 0 Å². The van der Waals surface area contributed by atoms with E-state index in [0.29, 0.717) is 11.3 Å². The summed E-state index contributed by atoms with van der Waals surface area (Å²) in [4.78, 5) is 51.8. The second-order valence-corrected chi connectivity index (χ2v) is 7.34. The highest BCUT2D eigenvalue weighted by molar-refractivity contribution is 6.10. The molecule has 1 atom stereocenters. The fourth-order valence-corrected chi connectivity index (χ4v) is 3.86. The number of nitrogens with one attached hydrogen (secondary N) is 1. The van der Waals surface area contributed by atoms with Crippen molar-refractivity contribution in [2.24, 2.45) is 0 Å². The Morgan fingerprint density at radius 3 is 2.50 bits per heavy atom. The lowest BCUT2D eigenvalue weighted by Crippen LogP contribution is -2.59. The Bertz CT molecular complexity index is 1020. The predicted molar refractivity (Wildman–Crippen MR) is 106 cm³/mol. The van der Waals surface area contributed by atoms with Crippen LogP contribution in [-0.2, 0) is 14.4 Å². The van der Waals surface area contributed by atoms with Crippen LogP contribution in [0.5, 0.6) is 0 Å². The molecule has 0 radical (unpaired) electrons. The molecule has 1 fully saturated rings. The fourth-order valence-electron chi connectivity index (χ4n) is 3.86. The Hall–Kier alpha value is -3.68. The number of carboxylic acid groups (broad SMARTS) is 1. The van der Waals surface area contributed by atoms with E-state index in [1.165, 1.54) is 9.80 Å². The van der Waals surface area contributed by atoms with Crippen molar-refractivity contribution in [3.8, 4) is 11.1 Å². The Kier molecular flexibility index (Phi) is 5.22. The van der Waals surface area contributed by atoms with Gasteiger partial charge in [-0.25, -0.2) is 0 Å². The fraction of sp³-hybridized carbons (Fsp3) is 0.273. The number of rotatable bonds is 4. The average Bonchev–Trinajstić information content (AvgIpc) is 2.86. The van der Waals surface area contributed by atoms with E-state index in [1.807, 2.05) is 36.4 Å². The SMILES string of the molecule is O=C([O-])CCC(=O)N1CCN2C(=O)c3cc(-c4ccccc4)ccc3NC(=O)[C@@H]2C1. The lowest BCUT2D eigenvalue weighted by Gasteiger charge is -2.39. The van der Waals surface area contributed by atoms with Crippen molar-refractivity contribution in [3.05, 3.63) is 54.1 Å². The number of carboxylic acids is 1. The van der Waals surface area contributed by atoms with Gasteiger partial charge in [-0.3, -0.25) is 14.4 Å². The largest absolute Gasteiger partial charge is 0.550 e. The highest BCUT2D eigenvalue weighted by Crippen LogP contribution is 2.30. The van der Waals surface area contributed by atoms with Gasteiger partial charge in [-0.05, 0) is 29.7 Å². The van der Waals surface area contributed by atoms with Crippen molar-refractivity contribution in [1.82, 2.24) is 9.80 Å². The van der Waals surface area contributed by atoms with Crippen molar-refractivity contribution < 1.29 is 24.3 Å². The quantitative estimate of drug-likeness (QED) is 0.795. The molecule has 2 aromatic carbocycles. The number of aliphatic carboxylic acids is 1. The molecule has 8 nitrogen and oxygen atoms in total. The molecule has 0 saturated carbocycles. The highest BCUT2D eigenvalue weighted by Gasteiger charge is 2.40. The third-order valence-electron chi connectivity index (χ3n) is 5.45. The van der Waals surface area contributed by atoms with Crippen LogP contribution in [-0.4, -0.2) is 59.2 Å². The van der Waals surface area contributed by atoms with E-state index < -0.39 is 12.0 Å². The molecule has 3 amide bonds. The summed E-state index contributed by atoms with van der Waals surface area (Å²) in [5, 5.41) is 13.4. The van der Waals surface area contributed by atoms with Gasteiger partial charge in [-0.15, -0.1) is 0 Å². The van der Waals surface area contributed by atoms with Gasteiger partial charge in [0.05, 0.1) is 17.8 Å². The number of amides is 3. The van der Waals surface area contributed by atoms with Crippen LogP contribution < -0.4 is 10.4 Å². The van der Waals surface area contributed by atoms with Gasteiger partial charge < -0.3 is 25.0 Å². The third-order valence-corrected chi connectivity index (χ3v) is 5.45. The molecule has 0 bridgehead atoms. The molecule has 1 saturated heterocycles. The van der Waals surface area contributed by atoms with Crippen molar-refractivity contribution in [2.75, 3.05) is 25.0 Å². The molecule has 1 N–H and O–H groups in total. The lowest BCUT2D eigenvalue weighted by atomic mass is 10.0. The third kappa shape index (κ3) is 3.76. The molecular formula is C22H20N3O5-. The first-order valence-electron chi connectivity index (χ1n) is 9.73. The van der Waals surface area contributed by atoms with Crippen LogP contribution in [0.15, 0.2) is 48.5 Å². The van der Waals surface area contributed by atoms with Gasteiger partial charge in [0.25, 0.3) is 5.91 Å². The van der Waals surface area contributed by atoms with E-state index >= 15 is 0 Å². The first-order valence-corrected chi connectivity index (χ1v) is 9.73. The summed E-state index contributed by atoms with van der Waals surface area (Å²) in [5.41, 5.74) is 2.67. The van der Waals surface area contributed by atoms with Gasteiger partial charge in [0, 0.05) is 25.5 Å². The molecule has 2 heterocycles. The van der Waals surface area contributed by atoms with E-state index in [-0.39, 0.29) is 50.2 Å². The summed E-state index contributed by atoms with van der Waals surface area (Å²) >= 11 is 0. The van der Waals surface area contributed by atoms with Gasteiger partial charge in [0.1, 0.15) is 6.04 Å². The van der Waals surface area contributed by atoms with Gasteiger partial charge in [0.2, 0.25) is 11.8 Å². The van der Waals surface area contributed by atoms with Gasteiger partial charge in [0.15, 0.2) is 0 Å². The van der Waals surface area contributed by atoms with Crippen LogP contribution >= 0.6 is 0 Å². The molecule has 0 aromatic heterocycles. The molecule has 0 unspecified atom stereocenters. The van der Waals surface area contributed by atoms with E-state index in [4.69, 9.17) is 0 Å². The topological polar surface area (TPSA) is 110 Å². The van der Waals surface area contributed by atoms with E-state index in [0.717, 1.165) is 11.1 Å². The molecule has 0 aliphatic carbocycles. The Morgan fingerprint density at radius 2 is 1.77 bits per heavy atom. The summed E-state index contributed by atoms with van der Waals surface area (Å²) in [6.07, 6.45) is -0.562. The van der Waals surface area contributed by atoms with Crippen LogP contribution in [0.4, 0.5) is 5.69 Å². The second kappa shape index (κ2) is 7.98. The monoisotopic (exact) mass is 406 g/mol. The molecule has 30 heavy (non-hydrogen) atoms. The number of carbonyl (C=O) groups excluding carboxylic acids is 4. The molecule has 2 aliphatic rings. The van der Waals surface area contributed by atoms with Crippen LogP contribution in [0.25, 0.3) is 11.1 Å². The zero-order chi connectivity index (χ0) is 21.3. The minimum atomic E-state index is -1.30. The minimum Gasteiger partial charge on any atom is -0.550 e. The maximum atomic E-state index is 13.2. The Labute approximate surface area is 173 Å². The van der Waals surface area contributed by atoms with Crippen LogP contribution in [0.1, 0.15) is 23.2 Å². The number of anilines is 1. The zero-order valence-electron chi connectivity index (χ0n) is 16.2. The number of carbonyl (C=O) groups is 4. The van der Waals surface area contributed by atoms with Crippen LogP contribution in [0, 0.1) is 0 Å². The smallest absolute Gasteiger partial charge is 0.256 e. The molecular weight excluding hydrogens is 386 g/mol. The maximum Gasteiger partial charge on any atom is 0.256 e. The predicted octanol–water partition coefficient (Wildman–Crippen LogP) is 0.489. The van der Waals surface area contributed by atoms with Crippen LogP contribution in [0.3, 0.4) is 0 Å². The van der Waals surface area contributed by atoms with Crippen molar-refractivity contribution in [1.29, 1.82) is 0 Å². The van der Waals surface area contributed by atoms with Crippen molar-refractivity contribution in [3.63, 3.8) is 0 Å². The normalized spacial score (nSPS) is 18.2. The number of hydrogen-bond acceptors (Lipinski definition) is 5. The summed E-state index contributed by atoms with van der Waals surface area (Å²) in [7, 11) is 0. The number of benzene rings is 2. The lowest BCUT2D eigenvalue weighted by molar-refractivity contribution is -0.305. The summed E-state index contributed by atoms with van der Waals surface area (Å²) < 4.78 is 0. The molecule has 4 rings (SSSR count). The standard InChI is InChI=1S/C22H21N3O5/c26-19(8-9-20(27)28)24-10-11-25-18(13-24)21(29)23-17-7-6-15(12-16(17)22(25)30)14-4-2-1-3-5-14/h1-7,12,18H,8-11,13H2,(H,23,29)(H,27,28)/p-1/t18-/m0/s1. The van der Waals surface area contributed by atoms with Gasteiger partial charge in [-0.1, -0.05) is 36.4 Å². The molecule has 0 spiro atoms. The number of piperazine rings is 1. The Morgan fingerprint density at radius 1 is 1.00 bits per heavy atom. The average molecular weight is 406 g/mol. The number of fused-ring (bicyclic) bond motifs is 2. The summed E-state index contributed by atoms with van der Waals surface area (Å²) in [6, 6.07) is 14.1. The maximum absolute atomic E-state index is 13.2. The molecule has 2 aliphatic heterocycles. The zero-order valence-corrected chi connectivity index (χ0v) is 16.2. The number of hydrogen-bond donors (Lipinski definition) is 1. The first kappa shape index (κ1) is 19.6. The molecule has 8 heteroatoms. The van der Waals surface area contributed by atoms with E-state index in [2.05, 4.69) is 5.32 Å². The van der Waals surface area contributed by atoms with Crippen molar-refractivity contribution >= 4 is 29.4 Å².